The lowest BCUT2D eigenvalue weighted by Gasteiger charge is -2.35. The van der Waals surface area contributed by atoms with Gasteiger partial charge in [-0.05, 0) is 25.5 Å². The number of nitrogens with one attached hydrogen (secondary N) is 1. The standard InChI is InChI=1S/C18H29N3O3/c1-13-10-21(11-14(2)24-13)12-15-6-4-5-7-17(15)20-18(22)8-16(9-19)23-3/h4-7,13-14,16H,8-12,19H2,1-3H3,(H,20,22). The number of carbonyl (C=O) groups excluding carboxylic acids is 1. The fourth-order valence-electron chi connectivity index (χ4n) is 3.11. The Morgan fingerprint density at radius 1 is 1.38 bits per heavy atom. The molecule has 1 amide bonds. The van der Waals surface area contributed by atoms with Crippen LogP contribution in [-0.4, -0.2) is 55.9 Å². The van der Waals surface area contributed by atoms with Crippen molar-refractivity contribution in [1.29, 1.82) is 0 Å². The molecule has 0 saturated carbocycles. The highest BCUT2D eigenvalue weighted by Gasteiger charge is 2.23. The van der Waals surface area contributed by atoms with E-state index < -0.39 is 0 Å². The highest BCUT2D eigenvalue weighted by atomic mass is 16.5. The van der Waals surface area contributed by atoms with E-state index in [4.69, 9.17) is 15.2 Å². The first-order chi connectivity index (χ1) is 11.5. The Hall–Kier alpha value is -1.47. The number of nitrogens with zero attached hydrogens (tertiary/aromatic N) is 1. The SMILES string of the molecule is COC(CN)CC(=O)Nc1ccccc1CN1CC(C)OC(C)C1. The second-order valence-corrected chi connectivity index (χ2v) is 6.45. The molecule has 6 nitrogen and oxygen atoms in total. The number of carbonyl (C=O) groups is 1. The second kappa shape index (κ2) is 9.13. The molecule has 1 fully saturated rings. The van der Waals surface area contributed by atoms with Crippen molar-refractivity contribution in [2.45, 2.75) is 45.1 Å². The molecule has 3 N–H and O–H groups in total. The second-order valence-electron chi connectivity index (χ2n) is 6.45. The van der Waals surface area contributed by atoms with Gasteiger partial charge in [-0.25, -0.2) is 0 Å². The first-order valence-corrected chi connectivity index (χ1v) is 8.50. The van der Waals surface area contributed by atoms with Crippen LogP contribution in [0, 0.1) is 0 Å². The van der Waals surface area contributed by atoms with Gasteiger partial charge in [-0.3, -0.25) is 9.69 Å². The highest BCUT2D eigenvalue weighted by Crippen LogP contribution is 2.20. The van der Waals surface area contributed by atoms with E-state index in [1.807, 2.05) is 18.2 Å². The van der Waals surface area contributed by atoms with Crippen LogP contribution < -0.4 is 11.1 Å². The molecule has 134 valence electrons. The predicted octanol–water partition coefficient (Wildman–Crippen LogP) is 1.60. The predicted molar refractivity (Wildman–Crippen MR) is 94.8 cm³/mol. The summed E-state index contributed by atoms with van der Waals surface area (Å²) in [6.07, 6.45) is 0.454. The average Bonchev–Trinajstić information content (AvgIpc) is 2.53. The maximum atomic E-state index is 12.2. The molecule has 1 aliphatic rings. The number of ether oxygens (including phenoxy) is 2. The summed E-state index contributed by atoms with van der Waals surface area (Å²) < 4.78 is 11.0. The van der Waals surface area contributed by atoms with Gasteiger partial charge in [0.1, 0.15) is 0 Å². The largest absolute Gasteiger partial charge is 0.380 e. The molecule has 0 spiro atoms. The van der Waals surface area contributed by atoms with Crippen LogP contribution in [0.4, 0.5) is 5.69 Å². The van der Waals surface area contributed by atoms with Crippen molar-refractivity contribution in [3.8, 4) is 0 Å². The Morgan fingerprint density at radius 2 is 2.04 bits per heavy atom. The average molecular weight is 335 g/mol. The summed E-state index contributed by atoms with van der Waals surface area (Å²) in [6, 6.07) is 7.92. The lowest BCUT2D eigenvalue weighted by Crippen LogP contribution is -2.44. The molecule has 3 atom stereocenters. The van der Waals surface area contributed by atoms with Gasteiger partial charge in [-0.15, -0.1) is 0 Å². The number of hydrogen-bond acceptors (Lipinski definition) is 5. The van der Waals surface area contributed by atoms with Crippen LogP contribution in [0.2, 0.25) is 0 Å². The van der Waals surface area contributed by atoms with Gasteiger partial charge in [0.2, 0.25) is 5.91 Å². The van der Waals surface area contributed by atoms with Gasteiger partial charge in [0, 0.05) is 39.0 Å². The molecule has 0 aromatic heterocycles. The van der Waals surface area contributed by atoms with Gasteiger partial charge in [0.05, 0.1) is 24.7 Å². The number of amides is 1. The summed E-state index contributed by atoms with van der Waals surface area (Å²) in [5.41, 5.74) is 7.53. The third-order valence-corrected chi connectivity index (χ3v) is 4.19. The zero-order valence-corrected chi connectivity index (χ0v) is 14.8. The molecular weight excluding hydrogens is 306 g/mol. The third-order valence-electron chi connectivity index (χ3n) is 4.19. The molecule has 0 aliphatic carbocycles. The molecule has 1 saturated heterocycles. The molecule has 6 heteroatoms. The van der Waals surface area contributed by atoms with Crippen molar-refractivity contribution in [3.05, 3.63) is 29.8 Å². The van der Waals surface area contributed by atoms with Crippen LogP contribution in [-0.2, 0) is 20.8 Å². The molecular formula is C18H29N3O3. The van der Waals surface area contributed by atoms with E-state index in [9.17, 15) is 4.79 Å². The van der Waals surface area contributed by atoms with Crippen molar-refractivity contribution < 1.29 is 14.3 Å². The van der Waals surface area contributed by atoms with Crippen LogP contribution in [0.15, 0.2) is 24.3 Å². The topological polar surface area (TPSA) is 76.8 Å². The summed E-state index contributed by atoms with van der Waals surface area (Å²) in [6.45, 7) is 7.09. The quantitative estimate of drug-likeness (QED) is 0.791. The molecule has 3 unspecified atom stereocenters. The van der Waals surface area contributed by atoms with Gasteiger partial charge in [0.15, 0.2) is 0 Å². The van der Waals surface area contributed by atoms with Crippen LogP contribution in [0.3, 0.4) is 0 Å². The number of para-hydroxylation sites is 1. The zero-order valence-electron chi connectivity index (χ0n) is 14.8. The molecule has 2 rings (SSSR count). The number of anilines is 1. The summed E-state index contributed by atoms with van der Waals surface area (Å²) in [4.78, 5) is 14.6. The molecule has 1 aromatic rings. The molecule has 1 aliphatic heterocycles. The van der Waals surface area contributed by atoms with E-state index in [-0.39, 0.29) is 30.6 Å². The van der Waals surface area contributed by atoms with Gasteiger partial charge in [-0.1, -0.05) is 18.2 Å². The Morgan fingerprint density at radius 3 is 2.67 bits per heavy atom. The Balaban J connectivity index is 2.00. The first-order valence-electron chi connectivity index (χ1n) is 8.50. The van der Waals surface area contributed by atoms with E-state index in [1.165, 1.54) is 0 Å². The normalized spacial score (nSPS) is 23.0. The molecule has 1 aromatic carbocycles. The van der Waals surface area contributed by atoms with Crippen molar-refractivity contribution in [2.24, 2.45) is 5.73 Å². The smallest absolute Gasteiger partial charge is 0.227 e. The van der Waals surface area contributed by atoms with Crippen molar-refractivity contribution in [2.75, 3.05) is 32.1 Å². The van der Waals surface area contributed by atoms with Gasteiger partial charge < -0.3 is 20.5 Å². The van der Waals surface area contributed by atoms with Crippen molar-refractivity contribution >= 4 is 11.6 Å². The van der Waals surface area contributed by atoms with Crippen LogP contribution in [0.5, 0.6) is 0 Å². The van der Waals surface area contributed by atoms with Gasteiger partial charge in [0.25, 0.3) is 0 Å². The lowest BCUT2D eigenvalue weighted by atomic mass is 10.1. The Bertz CT molecular complexity index is 524. The fourth-order valence-corrected chi connectivity index (χ4v) is 3.11. The number of benzene rings is 1. The summed E-state index contributed by atoms with van der Waals surface area (Å²) in [7, 11) is 1.57. The van der Waals surface area contributed by atoms with E-state index in [0.29, 0.717) is 6.54 Å². The lowest BCUT2D eigenvalue weighted by molar-refractivity contribution is -0.118. The molecule has 1 heterocycles. The number of methoxy groups -OCH3 is 1. The Labute approximate surface area is 144 Å². The number of nitrogens with two attached hydrogens (primary N) is 1. The van der Waals surface area contributed by atoms with Crippen LogP contribution in [0.1, 0.15) is 25.8 Å². The van der Waals surface area contributed by atoms with Crippen LogP contribution in [0.25, 0.3) is 0 Å². The van der Waals surface area contributed by atoms with Crippen molar-refractivity contribution in [1.82, 2.24) is 4.90 Å². The molecule has 24 heavy (non-hydrogen) atoms. The van der Waals surface area contributed by atoms with Gasteiger partial charge >= 0.3 is 0 Å². The minimum absolute atomic E-state index is 0.0801. The summed E-state index contributed by atoms with van der Waals surface area (Å²) >= 11 is 0. The maximum absolute atomic E-state index is 12.2. The number of hydrogen-bond donors (Lipinski definition) is 2. The van der Waals surface area contributed by atoms with E-state index >= 15 is 0 Å². The monoisotopic (exact) mass is 335 g/mol. The minimum Gasteiger partial charge on any atom is -0.380 e. The Kier molecular flexibility index (Phi) is 7.17. The minimum atomic E-state index is -0.252. The van der Waals surface area contributed by atoms with E-state index in [1.54, 1.807) is 7.11 Å². The van der Waals surface area contributed by atoms with E-state index in [0.717, 1.165) is 30.9 Å². The first kappa shape index (κ1) is 18.9. The molecule has 0 bridgehead atoms. The summed E-state index contributed by atoms with van der Waals surface area (Å²) in [5, 5.41) is 2.99. The molecule has 0 radical (unpaired) electrons. The highest BCUT2D eigenvalue weighted by molar-refractivity contribution is 5.91. The van der Waals surface area contributed by atoms with E-state index in [2.05, 4.69) is 30.1 Å². The number of morpholine rings is 1. The number of rotatable bonds is 7. The zero-order chi connectivity index (χ0) is 17.5. The fraction of sp³-hybridized carbons (Fsp3) is 0.611. The van der Waals surface area contributed by atoms with Gasteiger partial charge in [-0.2, -0.15) is 0 Å². The van der Waals surface area contributed by atoms with Crippen LogP contribution >= 0.6 is 0 Å². The maximum Gasteiger partial charge on any atom is 0.227 e. The summed E-state index contributed by atoms with van der Waals surface area (Å²) in [5.74, 6) is -0.0801. The van der Waals surface area contributed by atoms with Crippen molar-refractivity contribution in [3.63, 3.8) is 0 Å². The third kappa shape index (κ3) is 5.56.